The van der Waals surface area contributed by atoms with E-state index in [4.69, 9.17) is 0 Å². The summed E-state index contributed by atoms with van der Waals surface area (Å²) < 4.78 is 2.55. The van der Waals surface area contributed by atoms with E-state index in [1.807, 2.05) is 12.1 Å². The molecule has 0 aliphatic rings. The maximum Gasteiger partial charge on any atom is 0.0130 e. The molecule has 0 fully saturated rings. The summed E-state index contributed by atoms with van der Waals surface area (Å²) in [6.07, 6.45) is 0. The maximum absolute atomic E-state index is 2.32. The molecule has 4 aromatic rings. The van der Waals surface area contributed by atoms with Crippen molar-refractivity contribution in [2.75, 3.05) is 0 Å². The summed E-state index contributed by atoms with van der Waals surface area (Å²) >= 11 is 4.63. The molecule has 2 N–H and O–H groups in total. The maximum atomic E-state index is 2.32. The van der Waals surface area contributed by atoms with Crippen LogP contribution >= 0.6 is 45.2 Å². The number of hydrogen-bond donors (Lipinski definition) is 0. The Labute approximate surface area is 188 Å². The molecule has 0 heterocycles. The van der Waals surface area contributed by atoms with Crippen LogP contribution in [-0.2, 0) is 0 Å². The third-order valence-corrected chi connectivity index (χ3v) is 5.34. The van der Waals surface area contributed by atoms with Crippen LogP contribution in [0.3, 0.4) is 0 Å². The van der Waals surface area contributed by atoms with Gasteiger partial charge >= 0.3 is 0 Å². The Morgan fingerprint density at radius 2 is 0.593 bits per heavy atom. The third-order valence-electron chi connectivity index (χ3n) is 3.90. The van der Waals surface area contributed by atoms with E-state index < -0.39 is 0 Å². The quantitative estimate of drug-likeness (QED) is 0.228. The van der Waals surface area contributed by atoms with Gasteiger partial charge in [0.1, 0.15) is 0 Å². The molecule has 136 valence electrons. The Morgan fingerprint density at radius 1 is 0.333 bits per heavy atom. The van der Waals surface area contributed by atoms with Crippen LogP contribution in [0.4, 0.5) is 0 Å². The Bertz CT molecular complexity index is 838. The molecule has 0 radical (unpaired) electrons. The van der Waals surface area contributed by atoms with Gasteiger partial charge in [-0.2, -0.15) is 0 Å². The molecule has 0 bridgehead atoms. The van der Waals surface area contributed by atoms with Crippen LogP contribution in [0, 0.1) is 7.14 Å². The monoisotopic (exact) mass is 578 g/mol. The lowest BCUT2D eigenvalue weighted by Crippen LogP contribution is -1.76. The number of rotatable bonds is 2. The summed E-state index contributed by atoms with van der Waals surface area (Å²) in [6.45, 7) is 0. The predicted molar refractivity (Wildman–Crippen MR) is 133 cm³/mol. The van der Waals surface area contributed by atoms with Gasteiger partial charge in [0.05, 0.1) is 0 Å². The molecule has 27 heavy (non-hydrogen) atoms. The highest BCUT2D eigenvalue weighted by atomic mass is 127. The third kappa shape index (κ3) is 6.75. The minimum absolute atomic E-state index is 0. The first-order valence-corrected chi connectivity index (χ1v) is 10.5. The molecular weight excluding hydrogens is 558 g/mol. The molecule has 4 aromatic carbocycles. The standard InChI is InChI=1S/2C12H9I.H2O/c2*13-12-8-6-11(7-9-12)10-4-2-1-3-5-10;/h2*1-9H;1H2. The molecule has 1 nitrogen and oxygen atoms in total. The first kappa shape index (κ1) is 21.6. The zero-order valence-electron chi connectivity index (χ0n) is 14.6. The van der Waals surface area contributed by atoms with E-state index in [-0.39, 0.29) is 5.48 Å². The average Bonchev–Trinajstić information content (AvgIpc) is 2.71. The Hall–Kier alpha value is -1.70. The lowest BCUT2D eigenvalue weighted by Gasteiger charge is -2.00. The summed E-state index contributed by atoms with van der Waals surface area (Å²) in [7, 11) is 0. The van der Waals surface area contributed by atoms with Crippen LogP contribution in [0.1, 0.15) is 0 Å². The topological polar surface area (TPSA) is 31.5 Å². The van der Waals surface area contributed by atoms with Gasteiger partial charge < -0.3 is 5.48 Å². The lowest BCUT2D eigenvalue weighted by molar-refractivity contribution is 0.824. The largest absolute Gasteiger partial charge is 0.412 e. The van der Waals surface area contributed by atoms with E-state index in [2.05, 4.69) is 142 Å². The van der Waals surface area contributed by atoms with Crippen molar-refractivity contribution < 1.29 is 5.48 Å². The zero-order chi connectivity index (χ0) is 18.2. The first-order chi connectivity index (χ1) is 12.7. The molecule has 4 rings (SSSR count). The first-order valence-electron chi connectivity index (χ1n) is 8.34. The van der Waals surface area contributed by atoms with Gasteiger partial charge in [-0.25, -0.2) is 0 Å². The molecule has 3 heteroatoms. The highest BCUT2D eigenvalue weighted by Crippen LogP contribution is 2.20. The van der Waals surface area contributed by atoms with Crippen molar-refractivity contribution in [2.24, 2.45) is 0 Å². The molecule has 0 saturated heterocycles. The predicted octanol–water partition coefficient (Wildman–Crippen LogP) is 7.09. The Kier molecular flexibility index (Phi) is 8.97. The SMILES string of the molecule is Ic1ccc(-c2ccccc2)cc1.Ic1ccc(-c2ccccc2)cc1.O. The van der Waals surface area contributed by atoms with Crippen LogP contribution in [0.15, 0.2) is 109 Å². The molecule has 0 aliphatic carbocycles. The fourth-order valence-electron chi connectivity index (χ4n) is 2.55. The fourth-order valence-corrected chi connectivity index (χ4v) is 3.27. The molecule has 0 atom stereocenters. The van der Waals surface area contributed by atoms with Crippen LogP contribution in [0.5, 0.6) is 0 Å². The molecule has 0 unspecified atom stereocenters. The second-order valence-electron chi connectivity index (χ2n) is 5.75. The van der Waals surface area contributed by atoms with Gasteiger partial charge in [0.25, 0.3) is 0 Å². The van der Waals surface area contributed by atoms with Gasteiger partial charge in [0, 0.05) is 7.14 Å². The van der Waals surface area contributed by atoms with Crippen LogP contribution in [0.25, 0.3) is 22.3 Å². The van der Waals surface area contributed by atoms with E-state index in [9.17, 15) is 0 Å². The van der Waals surface area contributed by atoms with Crippen molar-refractivity contribution in [1.82, 2.24) is 0 Å². The van der Waals surface area contributed by atoms with Crippen molar-refractivity contribution in [1.29, 1.82) is 0 Å². The highest BCUT2D eigenvalue weighted by Gasteiger charge is 1.95. The highest BCUT2D eigenvalue weighted by molar-refractivity contribution is 14.1. The van der Waals surface area contributed by atoms with Crippen molar-refractivity contribution >= 4 is 45.2 Å². The van der Waals surface area contributed by atoms with E-state index >= 15 is 0 Å². The lowest BCUT2D eigenvalue weighted by atomic mass is 10.1. The summed E-state index contributed by atoms with van der Waals surface area (Å²) in [5, 5.41) is 0. The summed E-state index contributed by atoms with van der Waals surface area (Å²) in [5.41, 5.74) is 5.11. The molecule has 0 amide bonds. The number of hydrogen-bond acceptors (Lipinski definition) is 0. The van der Waals surface area contributed by atoms with E-state index in [1.165, 1.54) is 29.4 Å². The van der Waals surface area contributed by atoms with Crippen LogP contribution in [0.2, 0.25) is 0 Å². The van der Waals surface area contributed by atoms with Crippen molar-refractivity contribution in [2.45, 2.75) is 0 Å². The van der Waals surface area contributed by atoms with Crippen molar-refractivity contribution in [3.63, 3.8) is 0 Å². The van der Waals surface area contributed by atoms with Gasteiger partial charge in [0.15, 0.2) is 0 Å². The second kappa shape index (κ2) is 11.2. The minimum atomic E-state index is 0. The van der Waals surface area contributed by atoms with Crippen molar-refractivity contribution in [3.8, 4) is 22.3 Å². The second-order valence-corrected chi connectivity index (χ2v) is 8.24. The number of benzene rings is 4. The smallest absolute Gasteiger partial charge is 0.0130 e. The normalized spacial score (nSPS) is 9.56. The Morgan fingerprint density at radius 3 is 0.889 bits per heavy atom. The summed E-state index contributed by atoms with van der Waals surface area (Å²) in [5.74, 6) is 0. The average molecular weight is 578 g/mol. The van der Waals surface area contributed by atoms with Gasteiger partial charge in [-0.15, -0.1) is 0 Å². The van der Waals surface area contributed by atoms with E-state index in [0.717, 1.165) is 0 Å². The van der Waals surface area contributed by atoms with Gasteiger partial charge in [0.2, 0.25) is 0 Å². The summed E-state index contributed by atoms with van der Waals surface area (Å²) in [6, 6.07) is 37.9. The van der Waals surface area contributed by atoms with E-state index in [0.29, 0.717) is 0 Å². The molecule has 0 aliphatic heterocycles. The molecule has 0 aromatic heterocycles. The summed E-state index contributed by atoms with van der Waals surface area (Å²) in [4.78, 5) is 0. The van der Waals surface area contributed by atoms with Gasteiger partial charge in [-0.05, 0) is 91.7 Å². The molecule has 0 saturated carbocycles. The molecule has 0 spiro atoms. The fraction of sp³-hybridized carbons (Fsp3) is 0. The van der Waals surface area contributed by atoms with Crippen molar-refractivity contribution in [3.05, 3.63) is 116 Å². The zero-order valence-corrected chi connectivity index (χ0v) is 19.0. The van der Waals surface area contributed by atoms with E-state index in [1.54, 1.807) is 0 Å². The minimum Gasteiger partial charge on any atom is -0.412 e. The Balaban J connectivity index is 0.000000187. The van der Waals surface area contributed by atoms with Crippen LogP contribution in [-0.4, -0.2) is 5.48 Å². The van der Waals surface area contributed by atoms with Crippen LogP contribution < -0.4 is 0 Å². The molecular formula is C24H20I2O. The van der Waals surface area contributed by atoms with Gasteiger partial charge in [-0.1, -0.05) is 84.9 Å². The number of halogens is 2. The van der Waals surface area contributed by atoms with Gasteiger partial charge in [-0.3, -0.25) is 0 Å².